The molecule has 0 radical (unpaired) electrons. The van der Waals surface area contributed by atoms with Crippen LogP contribution >= 0.6 is 0 Å². The molecular formula is C12H18O6. The van der Waals surface area contributed by atoms with Crippen LogP contribution < -0.4 is 0 Å². The first kappa shape index (κ1) is 12.5. The molecule has 0 bridgehead atoms. The molecule has 3 rings (SSSR count). The second-order valence-electron chi connectivity index (χ2n) is 5.83. The molecule has 6 nitrogen and oxygen atoms in total. The van der Waals surface area contributed by atoms with E-state index in [0.29, 0.717) is 6.29 Å². The first-order valence-electron chi connectivity index (χ1n) is 6.11. The number of carbonyl (C=O) groups excluding carboxylic acids is 1. The number of fused-ring (bicyclic) bond motifs is 3. The average Bonchev–Trinajstić information content (AvgIpc) is 2.70. The van der Waals surface area contributed by atoms with Crippen molar-refractivity contribution >= 4 is 6.29 Å². The Labute approximate surface area is 105 Å². The minimum Gasteiger partial charge on any atom is -0.342 e. The Morgan fingerprint density at radius 2 is 1.78 bits per heavy atom. The number of rotatable bonds is 1. The maximum Gasteiger partial charge on any atom is 0.258 e. The summed E-state index contributed by atoms with van der Waals surface area (Å²) in [6.45, 7) is 7.40. The summed E-state index contributed by atoms with van der Waals surface area (Å²) in [5, 5.41) is 0. The number of hydrogen-bond donors (Lipinski definition) is 0. The Morgan fingerprint density at radius 1 is 1.06 bits per heavy atom. The van der Waals surface area contributed by atoms with E-state index >= 15 is 0 Å². The smallest absolute Gasteiger partial charge is 0.258 e. The van der Waals surface area contributed by atoms with Crippen molar-refractivity contribution < 1.29 is 28.5 Å². The second-order valence-corrected chi connectivity index (χ2v) is 5.83. The van der Waals surface area contributed by atoms with Crippen molar-refractivity contribution in [2.75, 3.05) is 6.61 Å². The first-order chi connectivity index (χ1) is 8.27. The van der Waals surface area contributed by atoms with Crippen molar-refractivity contribution in [2.45, 2.75) is 63.4 Å². The molecule has 6 heteroatoms. The van der Waals surface area contributed by atoms with Crippen LogP contribution in [0.25, 0.3) is 0 Å². The summed E-state index contributed by atoms with van der Waals surface area (Å²) in [5.74, 6) is -2.96. The highest BCUT2D eigenvalue weighted by atomic mass is 16.9. The quantitative estimate of drug-likeness (QED) is 0.641. The van der Waals surface area contributed by atoms with Crippen LogP contribution in [0.2, 0.25) is 0 Å². The zero-order valence-electron chi connectivity index (χ0n) is 11.0. The molecule has 3 fully saturated rings. The highest BCUT2D eigenvalue weighted by Gasteiger charge is 2.65. The van der Waals surface area contributed by atoms with E-state index in [1.54, 1.807) is 13.8 Å². The molecule has 102 valence electrons. The summed E-state index contributed by atoms with van der Waals surface area (Å²) < 4.78 is 28.5. The summed E-state index contributed by atoms with van der Waals surface area (Å²) in [6, 6.07) is 0. The largest absolute Gasteiger partial charge is 0.342 e. The third kappa shape index (κ3) is 1.71. The highest BCUT2D eigenvalue weighted by molar-refractivity contribution is 5.62. The molecule has 0 aromatic carbocycles. The molecule has 0 aromatic rings. The number of aldehydes is 1. The molecule has 4 atom stereocenters. The SMILES string of the molecule is CC1(C)O[C@@H]2CO[C@@]3(C=O)OC(C)(C)OC3[C@@H]2O1. The minimum absolute atomic E-state index is 0.240. The maximum atomic E-state index is 11.4. The van der Waals surface area contributed by atoms with E-state index < -0.39 is 23.5 Å². The van der Waals surface area contributed by atoms with E-state index in [2.05, 4.69) is 0 Å². The topological polar surface area (TPSA) is 63.2 Å². The predicted molar refractivity (Wildman–Crippen MR) is 58.6 cm³/mol. The molecule has 3 saturated heterocycles. The lowest BCUT2D eigenvalue weighted by atomic mass is 9.98. The van der Waals surface area contributed by atoms with Gasteiger partial charge in [0.05, 0.1) is 6.61 Å². The van der Waals surface area contributed by atoms with E-state index in [1.807, 2.05) is 13.8 Å². The molecule has 0 amide bonds. The predicted octanol–water partition coefficient (Wildman–Crippen LogP) is 0.583. The van der Waals surface area contributed by atoms with Crippen molar-refractivity contribution in [1.82, 2.24) is 0 Å². The van der Waals surface area contributed by atoms with Gasteiger partial charge in [0.2, 0.25) is 0 Å². The fourth-order valence-corrected chi connectivity index (χ4v) is 2.85. The van der Waals surface area contributed by atoms with Gasteiger partial charge in [0.25, 0.3) is 5.79 Å². The van der Waals surface area contributed by atoms with Crippen LogP contribution in [0.1, 0.15) is 27.7 Å². The van der Waals surface area contributed by atoms with Gasteiger partial charge in [-0.05, 0) is 27.7 Å². The zero-order chi connectivity index (χ0) is 13.2. The molecule has 18 heavy (non-hydrogen) atoms. The Balaban J connectivity index is 1.93. The standard InChI is InChI=1S/C12H18O6/c1-10(2)15-7-5-14-12(6-13)9(8(7)16-10)17-11(3,4)18-12/h6-9H,5H2,1-4H3/t7-,8-,9?,12+/m1/s1. The van der Waals surface area contributed by atoms with Gasteiger partial charge < -0.3 is 23.7 Å². The number of hydrogen-bond acceptors (Lipinski definition) is 6. The molecule has 0 saturated carbocycles. The lowest BCUT2D eigenvalue weighted by molar-refractivity contribution is -0.258. The molecular weight excluding hydrogens is 240 g/mol. The molecule has 0 N–H and O–H groups in total. The van der Waals surface area contributed by atoms with E-state index in [4.69, 9.17) is 23.7 Å². The summed E-state index contributed by atoms with van der Waals surface area (Å²) in [6.07, 6.45) is -0.557. The van der Waals surface area contributed by atoms with Gasteiger partial charge in [-0.15, -0.1) is 0 Å². The average molecular weight is 258 g/mol. The van der Waals surface area contributed by atoms with E-state index in [9.17, 15) is 4.79 Å². The van der Waals surface area contributed by atoms with Gasteiger partial charge in [0.1, 0.15) is 12.2 Å². The lowest BCUT2D eigenvalue weighted by Gasteiger charge is -2.36. The Morgan fingerprint density at radius 3 is 2.44 bits per heavy atom. The molecule has 3 heterocycles. The molecule has 3 aliphatic heterocycles. The van der Waals surface area contributed by atoms with Gasteiger partial charge in [0.15, 0.2) is 24.0 Å². The Hall–Kier alpha value is -0.530. The number of carbonyl (C=O) groups is 1. The lowest BCUT2D eigenvalue weighted by Crippen LogP contribution is -2.59. The van der Waals surface area contributed by atoms with E-state index in [-0.39, 0.29) is 18.8 Å². The zero-order valence-corrected chi connectivity index (χ0v) is 11.0. The van der Waals surface area contributed by atoms with Crippen LogP contribution in [0.3, 0.4) is 0 Å². The monoisotopic (exact) mass is 258 g/mol. The highest BCUT2D eigenvalue weighted by Crippen LogP contribution is 2.46. The first-order valence-corrected chi connectivity index (χ1v) is 6.11. The van der Waals surface area contributed by atoms with Crippen LogP contribution in [-0.2, 0) is 28.5 Å². The summed E-state index contributed by atoms with van der Waals surface area (Å²) in [4.78, 5) is 11.4. The van der Waals surface area contributed by atoms with E-state index in [0.717, 1.165) is 0 Å². The minimum atomic E-state index is -1.38. The van der Waals surface area contributed by atoms with Crippen molar-refractivity contribution in [3.8, 4) is 0 Å². The number of ether oxygens (including phenoxy) is 5. The normalized spacial score (nSPS) is 48.6. The van der Waals surface area contributed by atoms with Gasteiger partial charge >= 0.3 is 0 Å². The van der Waals surface area contributed by atoms with Crippen LogP contribution in [-0.4, -0.2) is 48.6 Å². The third-order valence-electron chi connectivity index (χ3n) is 3.37. The van der Waals surface area contributed by atoms with Gasteiger partial charge in [-0.1, -0.05) is 0 Å². The van der Waals surface area contributed by atoms with Crippen LogP contribution in [0.4, 0.5) is 0 Å². The molecule has 0 aliphatic carbocycles. The van der Waals surface area contributed by atoms with Crippen molar-refractivity contribution in [2.24, 2.45) is 0 Å². The molecule has 0 aromatic heterocycles. The molecule has 1 unspecified atom stereocenters. The van der Waals surface area contributed by atoms with Crippen molar-refractivity contribution in [3.05, 3.63) is 0 Å². The van der Waals surface area contributed by atoms with E-state index in [1.165, 1.54) is 0 Å². The summed E-state index contributed by atoms with van der Waals surface area (Å²) in [7, 11) is 0. The maximum absolute atomic E-state index is 11.4. The fourth-order valence-electron chi connectivity index (χ4n) is 2.85. The molecule has 0 spiro atoms. The Kier molecular flexibility index (Phi) is 2.44. The van der Waals surface area contributed by atoms with Crippen LogP contribution in [0.5, 0.6) is 0 Å². The summed E-state index contributed by atoms with van der Waals surface area (Å²) in [5.41, 5.74) is 0. The van der Waals surface area contributed by atoms with Crippen LogP contribution in [0, 0.1) is 0 Å². The van der Waals surface area contributed by atoms with Gasteiger partial charge in [-0.2, -0.15) is 0 Å². The molecule has 3 aliphatic rings. The van der Waals surface area contributed by atoms with Gasteiger partial charge in [-0.25, -0.2) is 0 Å². The fraction of sp³-hybridized carbons (Fsp3) is 0.917. The van der Waals surface area contributed by atoms with Gasteiger partial charge in [-0.3, -0.25) is 4.79 Å². The third-order valence-corrected chi connectivity index (χ3v) is 3.37. The Bertz CT molecular complexity index is 379. The second kappa shape index (κ2) is 3.52. The van der Waals surface area contributed by atoms with Crippen LogP contribution in [0.15, 0.2) is 0 Å². The van der Waals surface area contributed by atoms with Crippen molar-refractivity contribution in [1.29, 1.82) is 0 Å². The van der Waals surface area contributed by atoms with Crippen molar-refractivity contribution in [3.63, 3.8) is 0 Å². The summed E-state index contributed by atoms with van der Waals surface area (Å²) >= 11 is 0. The van der Waals surface area contributed by atoms with Gasteiger partial charge in [0, 0.05) is 0 Å².